The third-order valence-electron chi connectivity index (χ3n) is 3.86. The van der Waals surface area contributed by atoms with Crippen molar-refractivity contribution < 1.29 is 18.8 Å². The molecule has 0 atom stereocenters. The van der Waals surface area contributed by atoms with Gasteiger partial charge in [-0.2, -0.15) is 0 Å². The van der Waals surface area contributed by atoms with Gasteiger partial charge in [0.15, 0.2) is 0 Å². The molecule has 3 rings (SSSR count). The zero-order chi connectivity index (χ0) is 19.2. The van der Waals surface area contributed by atoms with Gasteiger partial charge in [0.25, 0.3) is 5.91 Å². The van der Waals surface area contributed by atoms with E-state index in [2.05, 4.69) is 16.0 Å². The molecule has 2 aromatic carbocycles. The highest BCUT2D eigenvalue weighted by Crippen LogP contribution is 2.31. The molecule has 6 nitrogen and oxygen atoms in total. The molecular weight excluding hydrogens is 369 g/mol. The first-order valence-corrected chi connectivity index (χ1v) is 9.36. The van der Waals surface area contributed by atoms with Crippen LogP contribution in [0.1, 0.15) is 15.9 Å². The van der Waals surface area contributed by atoms with Gasteiger partial charge in [-0.3, -0.25) is 14.4 Å². The van der Waals surface area contributed by atoms with Gasteiger partial charge in [0.1, 0.15) is 5.82 Å². The number of halogens is 1. The number of thioether (sulfide) groups is 1. The maximum absolute atomic E-state index is 13.1. The molecule has 0 saturated carbocycles. The van der Waals surface area contributed by atoms with Crippen molar-refractivity contribution in [3.05, 3.63) is 59.4 Å². The number of carbonyl (C=O) groups is 3. The molecule has 0 fully saturated rings. The van der Waals surface area contributed by atoms with Gasteiger partial charge < -0.3 is 16.0 Å². The second-order valence-electron chi connectivity index (χ2n) is 5.96. The predicted molar refractivity (Wildman–Crippen MR) is 101 cm³/mol. The number of hydrogen-bond acceptors (Lipinski definition) is 4. The molecule has 0 aromatic heterocycles. The van der Waals surface area contributed by atoms with E-state index in [4.69, 9.17) is 0 Å². The van der Waals surface area contributed by atoms with Crippen molar-refractivity contribution in [1.82, 2.24) is 10.6 Å². The molecule has 3 amide bonds. The molecule has 0 unspecified atom stereocenters. The third-order valence-corrected chi connectivity index (χ3v) is 4.93. The Morgan fingerprint density at radius 2 is 1.93 bits per heavy atom. The maximum atomic E-state index is 13.1. The molecule has 0 radical (unpaired) electrons. The van der Waals surface area contributed by atoms with Crippen molar-refractivity contribution >= 4 is 35.2 Å². The third kappa shape index (κ3) is 5.30. The number of nitrogens with one attached hydrogen (secondary N) is 3. The molecule has 1 aliphatic rings. The van der Waals surface area contributed by atoms with Gasteiger partial charge >= 0.3 is 0 Å². The zero-order valence-electron chi connectivity index (χ0n) is 14.4. The molecule has 3 N–H and O–H groups in total. The van der Waals surface area contributed by atoms with Crippen LogP contribution in [0.3, 0.4) is 0 Å². The SMILES string of the molecule is O=C(Cc1cccc(F)c1)NCCNC(=O)c1ccc2c(c1)NC(=O)CS2. The largest absolute Gasteiger partial charge is 0.354 e. The van der Waals surface area contributed by atoms with Crippen LogP contribution in [0.5, 0.6) is 0 Å². The van der Waals surface area contributed by atoms with Crippen molar-refractivity contribution in [2.24, 2.45) is 0 Å². The number of anilines is 1. The van der Waals surface area contributed by atoms with Gasteiger partial charge in [0.05, 0.1) is 17.9 Å². The minimum absolute atomic E-state index is 0.0773. The molecule has 2 aromatic rings. The topological polar surface area (TPSA) is 87.3 Å². The summed E-state index contributed by atoms with van der Waals surface area (Å²) in [6, 6.07) is 11.0. The number of fused-ring (bicyclic) bond motifs is 1. The summed E-state index contributed by atoms with van der Waals surface area (Å²) in [5, 5.41) is 8.13. The van der Waals surface area contributed by atoms with Crippen LogP contribution in [-0.2, 0) is 16.0 Å². The summed E-state index contributed by atoms with van der Waals surface area (Å²) in [7, 11) is 0. The lowest BCUT2D eigenvalue weighted by Crippen LogP contribution is -2.35. The summed E-state index contributed by atoms with van der Waals surface area (Å²) in [6.45, 7) is 0.517. The van der Waals surface area contributed by atoms with Gasteiger partial charge in [-0.15, -0.1) is 11.8 Å². The fourth-order valence-electron chi connectivity index (χ4n) is 2.60. The Hall–Kier alpha value is -2.87. The highest BCUT2D eigenvalue weighted by Gasteiger charge is 2.17. The Balaban J connectivity index is 1.44. The second-order valence-corrected chi connectivity index (χ2v) is 6.98. The Bertz CT molecular complexity index is 888. The number of benzene rings is 2. The molecule has 1 heterocycles. The standard InChI is InChI=1S/C19H18FN3O3S/c20-14-3-1-2-12(8-14)9-17(24)21-6-7-22-19(26)13-4-5-16-15(10-13)23-18(25)11-27-16/h1-5,8,10H,6-7,9,11H2,(H,21,24)(H,22,26)(H,23,25). The van der Waals surface area contributed by atoms with Crippen LogP contribution in [0.15, 0.2) is 47.4 Å². The van der Waals surface area contributed by atoms with Crippen LogP contribution >= 0.6 is 11.8 Å². The Labute approximate surface area is 159 Å². The van der Waals surface area contributed by atoms with Crippen molar-refractivity contribution in [2.75, 3.05) is 24.2 Å². The predicted octanol–water partition coefficient (Wildman–Crippen LogP) is 1.96. The number of amides is 3. The molecule has 0 saturated heterocycles. The first-order chi connectivity index (χ1) is 13.0. The molecule has 0 bridgehead atoms. The molecule has 140 valence electrons. The first-order valence-electron chi connectivity index (χ1n) is 8.37. The summed E-state index contributed by atoms with van der Waals surface area (Å²) in [5.41, 5.74) is 1.65. The van der Waals surface area contributed by atoms with Crippen molar-refractivity contribution in [3.8, 4) is 0 Å². The monoisotopic (exact) mass is 387 g/mol. The quantitative estimate of drug-likeness (QED) is 0.662. The van der Waals surface area contributed by atoms with Crippen LogP contribution in [0.25, 0.3) is 0 Å². The number of hydrogen-bond donors (Lipinski definition) is 3. The van der Waals surface area contributed by atoms with Crippen LogP contribution in [-0.4, -0.2) is 36.6 Å². The lowest BCUT2D eigenvalue weighted by atomic mass is 10.1. The highest BCUT2D eigenvalue weighted by molar-refractivity contribution is 8.00. The summed E-state index contributed by atoms with van der Waals surface area (Å²) in [6.07, 6.45) is 0.0773. The smallest absolute Gasteiger partial charge is 0.251 e. The van der Waals surface area contributed by atoms with Crippen molar-refractivity contribution in [3.63, 3.8) is 0 Å². The van der Waals surface area contributed by atoms with Crippen molar-refractivity contribution in [2.45, 2.75) is 11.3 Å². The van der Waals surface area contributed by atoms with E-state index in [0.29, 0.717) is 22.6 Å². The zero-order valence-corrected chi connectivity index (χ0v) is 15.2. The van der Waals surface area contributed by atoms with Gasteiger partial charge in [-0.1, -0.05) is 12.1 Å². The Kier molecular flexibility index (Phi) is 6.08. The van der Waals surface area contributed by atoms with E-state index >= 15 is 0 Å². The number of rotatable bonds is 6. The maximum Gasteiger partial charge on any atom is 0.251 e. The van der Waals surface area contributed by atoms with E-state index < -0.39 is 0 Å². The second kappa shape index (κ2) is 8.68. The Morgan fingerprint density at radius 3 is 2.74 bits per heavy atom. The average molecular weight is 387 g/mol. The average Bonchev–Trinajstić information content (AvgIpc) is 2.64. The van der Waals surface area contributed by atoms with Crippen LogP contribution in [0.2, 0.25) is 0 Å². The van der Waals surface area contributed by atoms with E-state index in [1.54, 1.807) is 30.3 Å². The summed E-state index contributed by atoms with van der Waals surface area (Å²) < 4.78 is 13.1. The summed E-state index contributed by atoms with van der Waals surface area (Å²) >= 11 is 1.43. The molecule has 0 aliphatic carbocycles. The van der Waals surface area contributed by atoms with Crippen LogP contribution < -0.4 is 16.0 Å². The minimum atomic E-state index is -0.382. The van der Waals surface area contributed by atoms with E-state index in [-0.39, 0.29) is 43.0 Å². The molecule has 1 aliphatic heterocycles. The fraction of sp³-hybridized carbons (Fsp3) is 0.211. The highest BCUT2D eigenvalue weighted by atomic mass is 32.2. The number of carbonyl (C=O) groups excluding carboxylic acids is 3. The lowest BCUT2D eigenvalue weighted by Gasteiger charge is -2.17. The normalized spacial score (nSPS) is 12.7. The van der Waals surface area contributed by atoms with Crippen molar-refractivity contribution in [1.29, 1.82) is 0 Å². The van der Waals surface area contributed by atoms with Gasteiger partial charge in [0, 0.05) is 23.5 Å². The van der Waals surface area contributed by atoms with Gasteiger partial charge in [-0.25, -0.2) is 4.39 Å². The molecule has 8 heteroatoms. The lowest BCUT2D eigenvalue weighted by molar-refractivity contribution is -0.120. The summed E-state index contributed by atoms with van der Waals surface area (Å²) in [4.78, 5) is 36.4. The van der Waals surface area contributed by atoms with E-state index in [1.807, 2.05) is 0 Å². The Morgan fingerprint density at radius 1 is 1.11 bits per heavy atom. The van der Waals surface area contributed by atoms with E-state index in [1.165, 1.54) is 23.9 Å². The molecular formula is C19H18FN3O3S. The molecule has 27 heavy (non-hydrogen) atoms. The van der Waals surface area contributed by atoms with E-state index in [0.717, 1.165) is 4.90 Å². The van der Waals surface area contributed by atoms with Crippen LogP contribution in [0, 0.1) is 5.82 Å². The van der Waals surface area contributed by atoms with Gasteiger partial charge in [-0.05, 0) is 35.9 Å². The van der Waals surface area contributed by atoms with E-state index in [9.17, 15) is 18.8 Å². The summed E-state index contributed by atoms with van der Waals surface area (Å²) in [5.74, 6) is -0.642. The first kappa shape index (κ1) is 18.9. The molecule has 0 spiro atoms. The minimum Gasteiger partial charge on any atom is -0.354 e. The fourth-order valence-corrected chi connectivity index (χ4v) is 3.39. The van der Waals surface area contributed by atoms with Gasteiger partial charge in [0.2, 0.25) is 11.8 Å². The van der Waals surface area contributed by atoms with Crippen LogP contribution in [0.4, 0.5) is 10.1 Å².